The fraction of sp³-hybridized carbons (Fsp3) is 0.947. The van der Waals surface area contributed by atoms with Crippen LogP contribution in [0.4, 0.5) is 0 Å². The molecule has 2 unspecified atom stereocenters. The van der Waals surface area contributed by atoms with E-state index in [1.807, 2.05) is 0 Å². The summed E-state index contributed by atoms with van der Waals surface area (Å²) in [5, 5.41) is 10.6. The highest BCUT2D eigenvalue weighted by molar-refractivity contribution is 7.47. The smallest absolute Gasteiger partial charge is 0.462 e. The Labute approximate surface area is 581 Å². The third kappa shape index (κ3) is 70.3. The minimum absolute atomic E-state index is 0.104. The first-order valence-electron chi connectivity index (χ1n) is 39.6. The summed E-state index contributed by atoms with van der Waals surface area (Å²) in [6, 6.07) is 0. The molecule has 0 saturated carbocycles. The minimum Gasteiger partial charge on any atom is -0.462 e. The highest BCUT2D eigenvalue weighted by atomic mass is 31.2. The average Bonchev–Trinajstić information content (AvgIpc) is 1.89. The standard InChI is InChI=1S/C76H148O17P2/c1-6-9-12-15-18-21-23-25-27-28-29-30-31-32-34-36-38-41-46-51-56-61-75(80)92-71(65-87-74(79)60-55-50-45-40-37-35-33-26-24-22-19-16-13-10-7-2)67-90-94(82,83)88-63-70(77)64-89-95(84,85)91-68-72(66-86-73(78)59-54-49-44-39-20-17-14-11-8-3)93-76(81)62-57-52-47-42-43-48-53-58-69(4)5/h69-72,77H,6-68H2,1-5H3,(H,82,83)(H,84,85)/t70-,71-,72-/m1/s1. The van der Waals surface area contributed by atoms with Gasteiger partial charge in [0, 0.05) is 25.7 Å². The number of phosphoric ester groups is 2. The van der Waals surface area contributed by atoms with Crippen LogP contribution in [0, 0.1) is 5.92 Å². The fourth-order valence-electron chi connectivity index (χ4n) is 11.7. The van der Waals surface area contributed by atoms with Crippen LogP contribution in [0.25, 0.3) is 0 Å². The van der Waals surface area contributed by atoms with Crippen molar-refractivity contribution in [2.75, 3.05) is 39.6 Å². The van der Waals surface area contributed by atoms with Crippen molar-refractivity contribution >= 4 is 39.5 Å². The summed E-state index contributed by atoms with van der Waals surface area (Å²) in [7, 11) is -9.90. The zero-order chi connectivity index (χ0) is 69.8. The van der Waals surface area contributed by atoms with E-state index in [-0.39, 0.29) is 25.7 Å². The Bertz CT molecular complexity index is 1820. The molecule has 564 valence electrons. The van der Waals surface area contributed by atoms with E-state index in [4.69, 9.17) is 37.0 Å². The summed E-state index contributed by atoms with van der Waals surface area (Å²) < 4.78 is 68.4. The normalized spacial score (nSPS) is 13.9. The molecule has 0 amide bonds. The first kappa shape index (κ1) is 93.1. The second-order valence-corrected chi connectivity index (χ2v) is 30.8. The highest BCUT2D eigenvalue weighted by Gasteiger charge is 2.30. The van der Waals surface area contributed by atoms with Crippen LogP contribution in [0.1, 0.15) is 401 Å². The number of aliphatic hydroxyl groups excluding tert-OH is 1. The molecule has 0 aromatic rings. The molecule has 3 N–H and O–H groups in total. The van der Waals surface area contributed by atoms with Crippen LogP contribution in [0.2, 0.25) is 0 Å². The van der Waals surface area contributed by atoms with Gasteiger partial charge in [-0.25, -0.2) is 9.13 Å². The Hall–Kier alpha value is -1.94. The van der Waals surface area contributed by atoms with Crippen LogP contribution in [0.15, 0.2) is 0 Å². The van der Waals surface area contributed by atoms with Crippen LogP contribution < -0.4 is 0 Å². The quantitative estimate of drug-likeness (QED) is 0.0222. The van der Waals surface area contributed by atoms with Gasteiger partial charge in [-0.2, -0.15) is 0 Å². The molecule has 19 heteroatoms. The van der Waals surface area contributed by atoms with Gasteiger partial charge in [0.25, 0.3) is 0 Å². The lowest BCUT2D eigenvalue weighted by Gasteiger charge is -2.21. The lowest BCUT2D eigenvalue weighted by molar-refractivity contribution is -0.161. The summed E-state index contributed by atoms with van der Waals surface area (Å²) in [5.41, 5.74) is 0. The Kier molecular flexibility index (Phi) is 67.7. The van der Waals surface area contributed by atoms with Gasteiger partial charge >= 0.3 is 39.5 Å². The van der Waals surface area contributed by atoms with Crippen molar-refractivity contribution in [2.45, 2.75) is 419 Å². The van der Waals surface area contributed by atoms with Gasteiger partial charge in [-0.3, -0.25) is 37.3 Å². The number of hydrogen-bond acceptors (Lipinski definition) is 15. The van der Waals surface area contributed by atoms with E-state index in [2.05, 4.69) is 34.6 Å². The molecular formula is C76H148O17P2. The van der Waals surface area contributed by atoms with Crippen molar-refractivity contribution in [3.8, 4) is 0 Å². The lowest BCUT2D eigenvalue weighted by atomic mass is 10.0. The number of aliphatic hydroxyl groups is 1. The first-order valence-corrected chi connectivity index (χ1v) is 42.6. The molecule has 0 rings (SSSR count). The Morgan fingerprint density at radius 1 is 0.284 bits per heavy atom. The fourth-order valence-corrected chi connectivity index (χ4v) is 13.3. The first-order chi connectivity index (χ1) is 46.0. The number of ether oxygens (including phenoxy) is 4. The van der Waals surface area contributed by atoms with Crippen molar-refractivity contribution in [1.29, 1.82) is 0 Å². The van der Waals surface area contributed by atoms with Crippen LogP contribution in [0.5, 0.6) is 0 Å². The summed E-state index contributed by atoms with van der Waals surface area (Å²) in [6.07, 6.45) is 58.5. The number of hydrogen-bond donors (Lipinski definition) is 3. The molecule has 5 atom stereocenters. The van der Waals surface area contributed by atoms with Crippen LogP contribution in [-0.4, -0.2) is 96.7 Å². The molecule has 0 spiro atoms. The monoisotopic (exact) mass is 1400 g/mol. The Balaban J connectivity index is 5.18. The zero-order valence-electron chi connectivity index (χ0n) is 61.8. The van der Waals surface area contributed by atoms with Gasteiger partial charge in [-0.1, -0.05) is 349 Å². The van der Waals surface area contributed by atoms with Crippen molar-refractivity contribution in [2.24, 2.45) is 5.92 Å². The largest absolute Gasteiger partial charge is 0.472 e. The number of phosphoric acid groups is 2. The molecule has 95 heavy (non-hydrogen) atoms. The molecular weight excluding hydrogens is 1250 g/mol. The van der Waals surface area contributed by atoms with Crippen molar-refractivity contribution in [3.05, 3.63) is 0 Å². The molecule has 0 saturated heterocycles. The topological polar surface area (TPSA) is 237 Å². The molecule has 0 aliphatic heterocycles. The highest BCUT2D eigenvalue weighted by Crippen LogP contribution is 2.45. The molecule has 0 aliphatic rings. The third-order valence-corrected chi connectivity index (χ3v) is 19.7. The molecule has 0 heterocycles. The molecule has 0 radical (unpaired) electrons. The van der Waals surface area contributed by atoms with E-state index in [9.17, 15) is 43.2 Å². The molecule has 17 nitrogen and oxygen atoms in total. The van der Waals surface area contributed by atoms with Crippen LogP contribution >= 0.6 is 15.6 Å². The van der Waals surface area contributed by atoms with Gasteiger partial charge in [0.2, 0.25) is 0 Å². The Morgan fingerprint density at radius 2 is 0.484 bits per heavy atom. The SMILES string of the molecule is CCCCCCCCCCCCCCCCCCCCCCCC(=O)O[C@H](COC(=O)CCCCCCCCCCCCCCCCC)COP(=O)(O)OC[C@@H](O)COP(=O)(O)OC[C@@H](COC(=O)CCCCCCCCCCC)OC(=O)CCCCCCCCCC(C)C. The van der Waals surface area contributed by atoms with Gasteiger partial charge in [0.05, 0.1) is 26.4 Å². The summed E-state index contributed by atoms with van der Waals surface area (Å²) >= 11 is 0. The van der Waals surface area contributed by atoms with E-state index in [0.717, 1.165) is 89.9 Å². The molecule has 0 aromatic carbocycles. The zero-order valence-corrected chi connectivity index (χ0v) is 63.6. The summed E-state index contributed by atoms with van der Waals surface area (Å²) in [4.78, 5) is 72.7. The number of unbranched alkanes of at least 4 members (excludes halogenated alkanes) is 48. The predicted molar refractivity (Wildman–Crippen MR) is 386 cm³/mol. The van der Waals surface area contributed by atoms with Crippen molar-refractivity contribution in [1.82, 2.24) is 0 Å². The molecule has 0 bridgehead atoms. The van der Waals surface area contributed by atoms with E-state index in [1.165, 1.54) is 225 Å². The second-order valence-electron chi connectivity index (χ2n) is 27.9. The van der Waals surface area contributed by atoms with E-state index < -0.39 is 97.5 Å². The maximum atomic E-state index is 13.1. The summed E-state index contributed by atoms with van der Waals surface area (Å²) in [5.74, 6) is -1.42. The molecule has 0 fully saturated rings. The van der Waals surface area contributed by atoms with Gasteiger partial charge in [0.15, 0.2) is 12.2 Å². The Morgan fingerprint density at radius 3 is 0.716 bits per heavy atom. The van der Waals surface area contributed by atoms with Crippen molar-refractivity contribution < 1.29 is 80.2 Å². The van der Waals surface area contributed by atoms with E-state index in [0.29, 0.717) is 31.6 Å². The number of carbonyl (C=O) groups excluding carboxylic acids is 4. The third-order valence-electron chi connectivity index (χ3n) is 17.8. The lowest BCUT2D eigenvalue weighted by Crippen LogP contribution is -2.30. The number of esters is 4. The maximum absolute atomic E-state index is 13.1. The van der Waals surface area contributed by atoms with E-state index >= 15 is 0 Å². The van der Waals surface area contributed by atoms with Gasteiger partial charge in [-0.05, 0) is 31.6 Å². The summed E-state index contributed by atoms with van der Waals surface area (Å²) in [6.45, 7) is 7.21. The number of carbonyl (C=O) groups is 4. The minimum atomic E-state index is -4.96. The van der Waals surface area contributed by atoms with Gasteiger partial charge in [0.1, 0.15) is 19.3 Å². The molecule has 0 aromatic heterocycles. The average molecular weight is 1400 g/mol. The predicted octanol–water partition coefficient (Wildman–Crippen LogP) is 22.5. The van der Waals surface area contributed by atoms with Crippen LogP contribution in [0.3, 0.4) is 0 Å². The van der Waals surface area contributed by atoms with Crippen molar-refractivity contribution in [3.63, 3.8) is 0 Å². The van der Waals surface area contributed by atoms with Gasteiger partial charge < -0.3 is 33.8 Å². The van der Waals surface area contributed by atoms with Gasteiger partial charge in [-0.15, -0.1) is 0 Å². The molecule has 0 aliphatic carbocycles. The second kappa shape index (κ2) is 69.2. The van der Waals surface area contributed by atoms with Crippen LogP contribution in [-0.2, 0) is 65.4 Å². The number of rotatable bonds is 76. The van der Waals surface area contributed by atoms with E-state index in [1.54, 1.807) is 0 Å². The maximum Gasteiger partial charge on any atom is 0.472 e.